The van der Waals surface area contributed by atoms with Gasteiger partial charge in [-0.3, -0.25) is 0 Å². The summed E-state index contributed by atoms with van der Waals surface area (Å²) >= 11 is 6.28. The fourth-order valence-electron chi connectivity index (χ4n) is 3.54. The predicted octanol–water partition coefficient (Wildman–Crippen LogP) is 6.54. The molecule has 0 heterocycles. The zero-order chi connectivity index (χ0) is 20.8. The lowest BCUT2D eigenvalue weighted by molar-refractivity contribution is 0.303. The molecule has 0 spiro atoms. The summed E-state index contributed by atoms with van der Waals surface area (Å²) in [7, 11) is 0. The largest absolute Gasteiger partial charge is 0.488 e. The number of fused-ring (bicyclic) bond motifs is 1. The topological polar surface area (TPSA) is 21.3 Å². The van der Waals surface area contributed by atoms with Crippen molar-refractivity contribution >= 4 is 22.4 Å². The molecule has 0 fully saturated rings. The Balaban J connectivity index is 1.50. The Morgan fingerprint density at radius 2 is 1.53 bits per heavy atom. The molecule has 0 aliphatic heterocycles. The van der Waals surface area contributed by atoms with E-state index in [1.165, 1.54) is 6.07 Å². The Morgan fingerprint density at radius 1 is 0.800 bits per heavy atom. The van der Waals surface area contributed by atoms with E-state index in [2.05, 4.69) is 23.5 Å². The minimum Gasteiger partial charge on any atom is -0.488 e. The van der Waals surface area contributed by atoms with E-state index in [1.54, 1.807) is 6.07 Å². The van der Waals surface area contributed by atoms with Crippen molar-refractivity contribution in [3.63, 3.8) is 0 Å². The van der Waals surface area contributed by atoms with Gasteiger partial charge in [0.15, 0.2) is 0 Å². The standard InChI is InChI=1S/C26H23ClFNO/c27-24-11-5-2-9-21(24)18-30-26-14-13-19-7-1-4-10-22(19)23(26)17-29-16-15-20-8-3-6-12-25(20)28/h1-14,29H,15-18H2. The maximum atomic E-state index is 13.8. The van der Waals surface area contributed by atoms with Crippen molar-refractivity contribution in [2.24, 2.45) is 0 Å². The maximum Gasteiger partial charge on any atom is 0.126 e. The average molecular weight is 420 g/mol. The van der Waals surface area contributed by atoms with Gasteiger partial charge in [0.25, 0.3) is 0 Å². The molecule has 0 aliphatic rings. The lowest BCUT2D eigenvalue weighted by Gasteiger charge is -2.16. The minimum absolute atomic E-state index is 0.159. The van der Waals surface area contributed by atoms with Crippen molar-refractivity contribution < 1.29 is 9.13 Å². The monoisotopic (exact) mass is 419 g/mol. The first-order valence-electron chi connectivity index (χ1n) is 10.0. The molecule has 0 bridgehead atoms. The molecule has 30 heavy (non-hydrogen) atoms. The van der Waals surface area contributed by atoms with E-state index in [0.717, 1.165) is 33.2 Å². The molecule has 0 saturated heterocycles. The fourth-order valence-corrected chi connectivity index (χ4v) is 3.73. The van der Waals surface area contributed by atoms with Gasteiger partial charge in [0.2, 0.25) is 0 Å². The molecule has 152 valence electrons. The Labute approximate surface area is 181 Å². The molecule has 0 aromatic heterocycles. The second-order valence-corrected chi connectivity index (χ2v) is 7.57. The third kappa shape index (κ3) is 4.81. The Morgan fingerprint density at radius 3 is 2.37 bits per heavy atom. The fraction of sp³-hybridized carbons (Fsp3) is 0.154. The summed E-state index contributed by atoms with van der Waals surface area (Å²) in [5.41, 5.74) is 2.76. The second kappa shape index (κ2) is 9.75. The molecule has 4 heteroatoms. The van der Waals surface area contributed by atoms with Crippen LogP contribution in [0.5, 0.6) is 5.75 Å². The number of rotatable bonds is 8. The van der Waals surface area contributed by atoms with Crippen LogP contribution in [0.3, 0.4) is 0 Å². The van der Waals surface area contributed by atoms with E-state index in [-0.39, 0.29) is 5.82 Å². The van der Waals surface area contributed by atoms with Gasteiger partial charge in [-0.25, -0.2) is 4.39 Å². The predicted molar refractivity (Wildman–Crippen MR) is 122 cm³/mol. The lowest BCUT2D eigenvalue weighted by Crippen LogP contribution is -2.18. The summed E-state index contributed by atoms with van der Waals surface area (Å²) in [6.07, 6.45) is 0.632. The van der Waals surface area contributed by atoms with Crippen molar-refractivity contribution in [1.29, 1.82) is 0 Å². The highest BCUT2D eigenvalue weighted by Crippen LogP contribution is 2.29. The Hall–Kier alpha value is -2.88. The molecular weight excluding hydrogens is 397 g/mol. The summed E-state index contributed by atoms with van der Waals surface area (Å²) in [6.45, 7) is 1.71. The van der Waals surface area contributed by atoms with Crippen molar-refractivity contribution in [2.45, 2.75) is 19.6 Å². The van der Waals surface area contributed by atoms with Gasteiger partial charge in [-0.15, -0.1) is 0 Å². The molecule has 0 saturated carbocycles. The van der Waals surface area contributed by atoms with Gasteiger partial charge in [0.1, 0.15) is 18.2 Å². The minimum atomic E-state index is -0.159. The van der Waals surface area contributed by atoms with E-state index < -0.39 is 0 Å². The zero-order valence-electron chi connectivity index (χ0n) is 16.6. The number of halogens is 2. The highest BCUT2D eigenvalue weighted by atomic mass is 35.5. The van der Waals surface area contributed by atoms with Gasteiger partial charge in [-0.1, -0.05) is 78.3 Å². The second-order valence-electron chi connectivity index (χ2n) is 7.16. The van der Waals surface area contributed by atoms with Crippen LogP contribution in [-0.4, -0.2) is 6.54 Å². The van der Waals surface area contributed by atoms with E-state index >= 15 is 0 Å². The summed E-state index contributed by atoms with van der Waals surface area (Å²) in [4.78, 5) is 0. The molecule has 4 aromatic rings. The first-order valence-corrected chi connectivity index (χ1v) is 10.4. The molecule has 1 N–H and O–H groups in total. The van der Waals surface area contributed by atoms with E-state index in [4.69, 9.17) is 16.3 Å². The van der Waals surface area contributed by atoms with Crippen LogP contribution in [0.1, 0.15) is 16.7 Å². The van der Waals surface area contributed by atoms with Crippen LogP contribution >= 0.6 is 11.6 Å². The van der Waals surface area contributed by atoms with Gasteiger partial charge in [-0.2, -0.15) is 0 Å². The van der Waals surface area contributed by atoms with E-state index in [0.29, 0.717) is 31.1 Å². The van der Waals surface area contributed by atoms with Crippen LogP contribution in [0.25, 0.3) is 10.8 Å². The van der Waals surface area contributed by atoms with Crippen LogP contribution in [0, 0.1) is 5.82 Å². The lowest BCUT2D eigenvalue weighted by atomic mass is 10.0. The van der Waals surface area contributed by atoms with Crippen molar-refractivity contribution in [1.82, 2.24) is 5.32 Å². The van der Waals surface area contributed by atoms with Crippen molar-refractivity contribution in [3.8, 4) is 5.75 Å². The smallest absolute Gasteiger partial charge is 0.126 e. The van der Waals surface area contributed by atoms with Crippen molar-refractivity contribution in [2.75, 3.05) is 6.54 Å². The quantitative estimate of drug-likeness (QED) is 0.327. The molecular formula is C26H23ClFNO. The van der Waals surface area contributed by atoms with Gasteiger partial charge in [-0.05, 0) is 47.5 Å². The van der Waals surface area contributed by atoms with Gasteiger partial charge in [0, 0.05) is 22.7 Å². The van der Waals surface area contributed by atoms with Gasteiger partial charge in [0.05, 0.1) is 0 Å². The van der Waals surface area contributed by atoms with E-state index in [9.17, 15) is 4.39 Å². The SMILES string of the molecule is Fc1ccccc1CCNCc1c(OCc2ccccc2Cl)ccc2ccccc12. The van der Waals surface area contributed by atoms with Crippen LogP contribution in [0.4, 0.5) is 4.39 Å². The first-order chi connectivity index (χ1) is 14.7. The molecule has 0 atom stereocenters. The summed E-state index contributed by atoms with van der Waals surface area (Å²) in [5.74, 6) is 0.667. The highest BCUT2D eigenvalue weighted by Gasteiger charge is 2.10. The third-order valence-electron chi connectivity index (χ3n) is 5.17. The number of ether oxygens (including phenoxy) is 1. The number of hydrogen-bond donors (Lipinski definition) is 1. The Kier molecular flexibility index (Phi) is 6.63. The summed E-state index contributed by atoms with van der Waals surface area (Å²) in [5, 5.41) is 6.45. The normalized spacial score (nSPS) is 11.0. The molecule has 4 aromatic carbocycles. The molecule has 0 unspecified atom stereocenters. The molecule has 0 aliphatic carbocycles. The van der Waals surface area contributed by atoms with Crippen LogP contribution in [0.2, 0.25) is 5.02 Å². The summed E-state index contributed by atoms with van der Waals surface area (Å²) < 4.78 is 20.0. The maximum absolute atomic E-state index is 13.8. The van der Waals surface area contributed by atoms with Crippen LogP contribution in [0.15, 0.2) is 84.9 Å². The zero-order valence-corrected chi connectivity index (χ0v) is 17.3. The first kappa shape index (κ1) is 20.4. The Bertz CT molecular complexity index is 1140. The molecule has 2 nitrogen and oxygen atoms in total. The summed E-state index contributed by atoms with van der Waals surface area (Å²) in [6, 6.07) is 26.9. The van der Waals surface area contributed by atoms with Gasteiger partial charge >= 0.3 is 0 Å². The van der Waals surface area contributed by atoms with Gasteiger partial charge < -0.3 is 10.1 Å². The number of hydrogen-bond acceptors (Lipinski definition) is 2. The third-order valence-corrected chi connectivity index (χ3v) is 5.54. The van der Waals surface area contributed by atoms with Crippen LogP contribution in [-0.2, 0) is 19.6 Å². The number of nitrogens with one attached hydrogen (secondary N) is 1. The average Bonchev–Trinajstić information content (AvgIpc) is 2.77. The molecule has 0 radical (unpaired) electrons. The van der Waals surface area contributed by atoms with E-state index in [1.807, 2.05) is 54.6 Å². The van der Waals surface area contributed by atoms with Crippen molar-refractivity contribution in [3.05, 3.63) is 112 Å². The highest BCUT2D eigenvalue weighted by molar-refractivity contribution is 6.31. The number of benzene rings is 4. The molecule has 4 rings (SSSR count). The molecule has 0 amide bonds. The van der Waals surface area contributed by atoms with Crippen LogP contribution < -0.4 is 10.1 Å².